The van der Waals surface area contributed by atoms with Gasteiger partial charge >= 0.3 is 0 Å². The summed E-state index contributed by atoms with van der Waals surface area (Å²) in [5.41, 5.74) is 2.75. The van der Waals surface area contributed by atoms with Crippen molar-refractivity contribution < 1.29 is 9.53 Å². The van der Waals surface area contributed by atoms with Gasteiger partial charge in [-0.2, -0.15) is 5.10 Å². The van der Waals surface area contributed by atoms with E-state index in [2.05, 4.69) is 25.7 Å². The zero-order valence-corrected chi connectivity index (χ0v) is 20.2. The Labute approximate surface area is 206 Å². The molecule has 0 saturated heterocycles. The molecule has 2 aromatic heterocycles. The van der Waals surface area contributed by atoms with E-state index in [0.29, 0.717) is 50.1 Å². The summed E-state index contributed by atoms with van der Waals surface area (Å²) in [4.78, 5) is 21.5. The lowest BCUT2D eigenvalue weighted by molar-refractivity contribution is 0.102. The number of anilines is 3. The van der Waals surface area contributed by atoms with Crippen molar-refractivity contribution in [2.45, 2.75) is 19.9 Å². The van der Waals surface area contributed by atoms with Crippen molar-refractivity contribution in [1.29, 1.82) is 0 Å². The van der Waals surface area contributed by atoms with E-state index >= 15 is 0 Å². The lowest BCUT2D eigenvalue weighted by Gasteiger charge is -2.12. The average molecular weight is 497 g/mol. The smallest absolute Gasteiger partial charge is 0.259 e. The SMILES string of the molecule is COc1cc(Nc2ncc(Cl)c(-c3ccn(C(C)C)n3)n2)ccc1C(=O)Nc1cccc(Cl)c1. The van der Waals surface area contributed by atoms with Gasteiger partial charge in [0.15, 0.2) is 0 Å². The molecule has 34 heavy (non-hydrogen) atoms. The number of methoxy groups -OCH3 is 1. The van der Waals surface area contributed by atoms with E-state index in [9.17, 15) is 4.79 Å². The molecule has 2 N–H and O–H groups in total. The fraction of sp³-hybridized carbons (Fsp3) is 0.167. The second-order valence-corrected chi connectivity index (χ2v) is 8.51. The molecule has 0 aliphatic carbocycles. The van der Waals surface area contributed by atoms with Gasteiger partial charge in [-0.25, -0.2) is 9.97 Å². The molecule has 0 aliphatic rings. The minimum Gasteiger partial charge on any atom is -0.496 e. The third kappa shape index (κ3) is 5.30. The quantitative estimate of drug-likeness (QED) is 0.314. The van der Waals surface area contributed by atoms with Crippen molar-refractivity contribution in [2.24, 2.45) is 0 Å². The number of nitrogens with one attached hydrogen (secondary N) is 2. The zero-order chi connectivity index (χ0) is 24.2. The number of carbonyl (C=O) groups excluding carboxylic acids is 1. The molecule has 174 valence electrons. The number of hydrogen-bond acceptors (Lipinski definition) is 6. The first-order valence-electron chi connectivity index (χ1n) is 10.4. The number of ether oxygens (including phenoxy) is 1. The lowest BCUT2D eigenvalue weighted by Crippen LogP contribution is -2.13. The summed E-state index contributed by atoms with van der Waals surface area (Å²) >= 11 is 12.3. The number of carbonyl (C=O) groups is 1. The van der Waals surface area contributed by atoms with Gasteiger partial charge in [0.2, 0.25) is 5.95 Å². The normalized spacial score (nSPS) is 10.9. The van der Waals surface area contributed by atoms with Crippen LogP contribution >= 0.6 is 23.2 Å². The van der Waals surface area contributed by atoms with Gasteiger partial charge in [0.05, 0.1) is 23.9 Å². The van der Waals surface area contributed by atoms with Crippen LogP contribution in [0.5, 0.6) is 5.75 Å². The number of rotatable bonds is 7. The van der Waals surface area contributed by atoms with Crippen molar-refractivity contribution in [3.05, 3.63) is 76.5 Å². The minimum absolute atomic E-state index is 0.217. The van der Waals surface area contributed by atoms with Crippen LogP contribution in [-0.4, -0.2) is 32.8 Å². The standard InChI is InChI=1S/C24H22Cl2N6O2/c1-14(2)32-10-9-20(31-32)22-19(26)13-27-24(30-22)29-17-7-8-18(21(12-17)34-3)23(33)28-16-6-4-5-15(25)11-16/h4-14H,1-3H3,(H,28,33)(H,27,29,30). The topological polar surface area (TPSA) is 94.0 Å². The predicted octanol–water partition coefficient (Wildman–Crippen LogP) is 6.23. The van der Waals surface area contributed by atoms with E-state index in [4.69, 9.17) is 27.9 Å². The maximum atomic E-state index is 12.8. The van der Waals surface area contributed by atoms with Gasteiger partial charge in [0.25, 0.3) is 5.91 Å². The Bertz CT molecular complexity index is 1340. The highest BCUT2D eigenvalue weighted by molar-refractivity contribution is 6.32. The van der Waals surface area contributed by atoms with Crippen LogP contribution in [0.15, 0.2) is 60.9 Å². The Morgan fingerprint density at radius 3 is 2.62 bits per heavy atom. The minimum atomic E-state index is -0.323. The summed E-state index contributed by atoms with van der Waals surface area (Å²) in [5, 5.41) is 11.4. The first kappa shape index (κ1) is 23.5. The molecule has 0 spiro atoms. The van der Waals surface area contributed by atoms with Crippen LogP contribution in [0.1, 0.15) is 30.2 Å². The van der Waals surface area contributed by atoms with Crippen LogP contribution in [-0.2, 0) is 0 Å². The molecule has 4 rings (SSSR count). The molecule has 4 aromatic rings. The van der Waals surface area contributed by atoms with E-state index in [1.165, 1.54) is 13.3 Å². The fourth-order valence-electron chi connectivity index (χ4n) is 3.21. The second kappa shape index (κ2) is 10.1. The molecule has 0 radical (unpaired) electrons. The van der Waals surface area contributed by atoms with E-state index in [1.807, 2.05) is 30.8 Å². The van der Waals surface area contributed by atoms with Gasteiger partial charge in [0.1, 0.15) is 17.1 Å². The van der Waals surface area contributed by atoms with Gasteiger partial charge in [0, 0.05) is 34.7 Å². The molecular formula is C24H22Cl2N6O2. The van der Waals surface area contributed by atoms with Crippen molar-refractivity contribution in [1.82, 2.24) is 19.7 Å². The van der Waals surface area contributed by atoms with Crippen LogP contribution in [0.4, 0.5) is 17.3 Å². The van der Waals surface area contributed by atoms with Crippen LogP contribution < -0.4 is 15.4 Å². The molecule has 0 aliphatic heterocycles. The second-order valence-electron chi connectivity index (χ2n) is 7.67. The maximum Gasteiger partial charge on any atom is 0.259 e. The number of amides is 1. The highest BCUT2D eigenvalue weighted by Crippen LogP contribution is 2.29. The predicted molar refractivity (Wildman–Crippen MR) is 134 cm³/mol. The molecule has 0 fully saturated rings. The Balaban J connectivity index is 1.55. The summed E-state index contributed by atoms with van der Waals surface area (Å²) in [6.45, 7) is 4.08. The monoisotopic (exact) mass is 496 g/mol. The molecule has 2 aromatic carbocycles. The van der Waals surface area contributed by atoms with E-state index in [0.717, 1.165) is 0 Å². The maximum absolute atomic E-state index is 12.8. The third-order valence-corrected chi connectivity index (χ3v) is 5.42. The van der Waals surface area contributed by atoms with Crippen molar-refractivity contribution in [3.63, 3.8) is 0 Å². The number of halogens is 2. The molecule has 0 saturated carbocycles. The fourth-order valence-corrected chi connectivity index (χ4v) is 3.59. The van der Waals surface area contributed by atoms with Crippen molar-refractivity contribution in [3.8, 4) is 17.1 Å². The van der Waals surface area contributed by atoms with Gasteiger partial charge in [-0.05, 0) is 50.2 Å². The molecule has 10 heteroatoms. The van der Waals surface area contributed by atoms with Crippen LogP contribution in [0.25, 0.3) is 11.4 Å². The number of benzene rings is 2. The number of aromatic nitrogens is 4. The largest absolute Gasteiger partial charge is 0.496 e. The molecule has 1 amide bonds. The van der Waals surface area contributed by atoms with Gasteiger partial charge < -0.3 is 15.4 Å². The first-order chi connectivity index (χ1) is 16.3. The van der Waals surface area contributed by atoms with Gasteiger partial charge in [-0.1, -0.05) is 29.3 Å². The van der Waals surface area contributed by atoms with Gasteiger partial charge in [-0.3, -0.25) is 9.48 Å². The molecule has 8 nitrogen and oxygen atoms in total. The summed E-state index contributed by atoms with van der Waals surface area (Å²) < 4.78 is 7.27. The Kier molecular flexibility index (Phi) is 7.00. The van der Waals surface area contributed by atoms with Crippen LogP contribution in [0.2, 0.25) is 10.0 Å². The van der Waals surface area contributed by atoms with Crippen molar-refractivity contribution in [2.75, 3.05) is 17.7 Å². The summed E-state index contributed by atoms with van der Waals surface area (Å²) in [5.74, 6) is 0.391. The molecule has 2 heterocycles. The Morgan fingerprint density at radius 2 is 1.91 bits per heavy atom. The van der Waals surface area contributed by atoms with Crippen LogP contribution in [0, 0.1) is 0 Å². The summed E-state index contributed by atoms with van der Waals surface area (Å²) in [6.07, 6.45) is 3.40. The number of hydrogen-bond donors (Lipinski definition) is 2. The van der Waals surface area contributed by atoms with E-state index in [1.54, 1.807) is 42.5 Å². The third-order valence-electron chi connectivity index (χ3n) is 4.91. The van der Waals surface area contributed by atoms with Crippen LogP contribution in [0.3, 0.4) is 0 Å². The molecule has 0 bridgehead atoms. The lowest BCUT2D eigenvalue weighted by atomic mass is 10.1. The first-order valence-corrected chi connectivity index (χ1v) is 11.2. The molecule has 0 atom stereocenters. The van der Waals surface area contributed by atoms with Gasteiger partial charge in [-0.15, -0.1) is 0 Å². The van der Waals surface area contributed by atoms with E-state index < -0.39 is 0 Å². The molecule has 0 unspecified atom stereocenters. The Hall–Kier alpha value is -3.62. The van der Waals surface area contributed by atoms with Crippen molar-refractivity contribution >= 4 is 46.4 Å². The highest BCUT2D eigenvalue weighted by atomic mass is 35.5. The van der Waals surface area contributed by atoms with E-state index in [-0.39, 0.29) is 11.9 Å². The summed E-state index contributed by atoms with van der Waals surface area (Å²) in [7, 11) is 1.50. The summed E-state index contributed by atoms with van der Waals surface area (Å²) in [6, 6.07) is 14.1. The Morgan fingerprint density at radius 1 is 1.09 bits per heavy atom. The molecular weight excluding hydrogens is 475 g/mol. The zero-order valence-electron chi connectivity index (χ0n) is 18.7. The average Bonchev–Trinajstić information content (AvgIpc) is 3.31. The highest BCUT2D eigenvalue weighted by Gasteiger charge is 2.16. The number of nitrogens with zero attached hydrogens (tertiary/aromatic N) is 4.